The number of nitrogens with zero attached hydrogens (tertiary/aromatic N) is 4. The molecule has 13 nitrogen and oxygen atoms in total. The number of benzene rings is 3. The second-order valence-corrected chi connectivity index (χ2v) is 15.9. The van der Waals surface area contributed by atoms with E-state index in [0.717, 1.165) is 54.7 Å². The van der Waals surface area contributed by atoms with Crippen LogP contribution in [0.15, 0.2) is 59.8 Å². The molecule has 2 fully saturated rings. The minimum atomic E-state index is -0.618. The van der Waals surface area contributed by atoms with Crippen LogP contribution >= 0.6 is 23.4 Å². The molecule has 300 valence electrons. The zero-order chi connectivity index (χ0) is 39.9. The number of unbranched alkanes of at least 4 members (excludes halogenated alkanes) is 3. The van der Waals surface area contributed by atoms with Gasteiger partial charge in [-0.05, 0) is 73.8 Å². The number of hydrogen-bond acceptors (Lipinski definition) is 11. The molecule has 4 aromatic rings. The van der Waals surface area contributed by atoms with E-state index in [1.54, 1.807) is 48.0 Å². The Bertz CT molecular complexity index is 2150. The molecule has 3 aliphatic rings. The van der Waals surface area contributed by atoms with Gasteiger partial charge in [-0.25, -0.2) is 14.4 Å². The Balaban J connectivity index is 0.798. The second kappa shape index (κ2) is 18.5. The molecule has 1 aromatic heterocycles. The van der Waals surface area contributed by atoms with Gasteiger partial charge in [0.2, 0.25) is 17.7 Å². The van der Waals surface area contributed by atoms with Gasteiger partial charge in [0, 0.05) is 54.5 Å². The molecule has 57 heavy (non-hydrogen) atoms. The molecule has 1 unspecified atom stereocenters. The van der Waals surface area contributed by atoms with E-state index in [4.69, 9.17) is 21.1 Å². The third-order valence-corrected chi connectivity index (χ3v) is 12.0. The second-order valence-electron chi connectivity index (χ2n) is 14.4. The lowest BCUT2D eigenvalue weighted by Crippen LogP contribution is -2.52. The normalized spacial score (nSPS) is 17.4. The number of rotatable bonds is 16. The first-order chi connectivity index (χ1) is 27.7. The van der Waals surface area contributed by atoms with E-state index >= 15 is 0 Å². The number of fused-ring (bicyclic) bond motifs is 2. The van der Waals surface area contributed by atoms with E-state index in [-0.39, 0.29) is 41.0 Å². The molecule has 3 N–H and O–H groups in total. The number of nitrogens with one attached hydrogen (secondary N) is 3. The van der Waals surface area contributed by atoms with Crippen LogP contribution in [0.1, 0.15) is 67.3 Å². The number of amides is 4. The van der Waals surface area contributed by atoms with E-state index in [1.807, 2.05) is 18.2 Å². The number of thioether (sulfide) groups is 1. The molecular weight excluding hydrogens is 773 g/mol. The van der Waals surface area contributed by atoms with E-state index in [2.05, 4.69) is 30.8 Å². The van der Waals surface area contributed by atoms with Gasteiger partial charge in [0.25, 0.3) is 5.91 Å². The Hall–Kier alpha value is -4.99. The van der Waals surface area contributed by atoms with Gasteiger partial charge in [-0.1, -0.05) is 36.6 Å². The summed E-state index contributed by atoms with van der Waals surface area (Å²) in [5.74, 6) is 0.950. The van der Waals surface area contributed by atoms with Gasteiger partial charge in [0.15, 0.2) is 17.3 Å². The largest absolute Gasteiger partial charge is 0.493 e. The molecule has 0 aliphatic carbocycles. The smallest absolute Gasteiger partial charge is 0.255 e. The molecule has 0 spiro atoms. The number of halogens is 2. The number of imide groups is 1. The molecular formula is C41H45ClFN7O6S. The number of piperidine rings is 2. The van der Waals surface area contributed by atoms with Crippen molar-refractivity contribution in [2.75, 3.05) is 44.4 Å². The zero-order valence-corrected chi connectivity index (χ0v) is 33.2. The minimum absolute atomic E-state index is 0.00398. The van der Waals surface area contributed by atoms with Gasteiger partial charge in [0.05, 0.1) is 29.9 Å². The summed E-state index contributed by atoms with van der Waals surface area (Å²) in [6.45, 7) is 2.76. The van der Waals surface area contributed by atoms with Crippen molar-refractivity contribution in [2.24, 2.45) is 0 Å². The number of carbonyl (C=O) groups excluding carboxylic acids is 4. The van der Waals surface area contributed by atoms with Crippen LogP contribution in [0.3, 0.4) is 0 Å². The predicted molar refractivity (Wildman–Crippen MR) is 216 cm³/mol. The van der Waals surface area contributed by atoms with Crippen LogP contribution in [-0.2, 0) is 20.9 Å². The SMILES string of the molecule is COc1cc2ncnc(Nc3cccc(Cl)c3F)c2cc1OC1CCN(CC(=O)NCCCCCCSc2cccc3c2CN(C2CCC(=O)NC2=O)C3=O)CC1. The average molecular weight is 818 g/mol. The fourth-order valence-electron chi connectivity index (χ4n) is 7.45. The van der Waals surface area contributed by atoms with Crippen molar-refractivity contribution in [3.05, 3.63) is 76.8 Å². The molecule has 1 atom stereocenters. The summed E-state index contributed by atoms with van der Waals surface area (Å²) in [4.78, 5) is 63.3. The monoisotopic (exact) mass is 817 g/mol. The predicted octanol–water partition coefficient (Wildman–Crippen LogP) is 6.25. The van der Waals surface area contributed by atoms with Gasteiger partial charge in [-0.3, -0.25) is 29.4 Å². The van der Waals surface area contributed by atoms with Crippen LogP contribution < -0.4 is 25.4 Å². The maximum Gasteiger partial charge on any atom is 0.255 e. The highest BCUT2D eigenvalue weighted by Crippen LogP contribution is 2.38. The number of anilines is 2. The first-order valence-corrected chi connectivity index (χ1v) is 20.6. The summed E-state index contributed by atoms with van der Waals surface area (Å²) in [6, 6.07) is 13.4. The highest BCUT2D eigenvalue weighted by Gasteiger charge is 2.39. The Morgan fingerprint density at radius 2 is 1.82 bits per heavy atom. The maximum absolute atomic E-state index is 14.6. The molecule has 2 saturated heterocycles. The number of likely N-dealkylation sites (tertiary alicyclic amines) is 1. The Labute approximate surface area is 339 Å². The molecule has 4 heterocycles. The minimum Gasteiger partial charge on any atom is -0.493 e. The Morgan fingerprint density at radius 1 is 1.02 bits per heavy atom. The van der Waals surface area contributed by atoms with Crippen molar-refractivity contribution in [1.29, 1.82) is 0 Å². The average Bonchev–Trinajstić information content (AvgIpc) is 3.54. The lowest BCUT2D eigenvalue weighted by molar-refractivity contribution is -0.137. The van der Waals surface area contributed by atoms with Crippen LogP contribution in [0.4, 0.5) is 15.9 Å². The fraction of sp³-hybridized carbons (Fsp3) is 0.415. The summed E-state index contributed by atoms with van der Waals surface area (Å²) < 4.78 is 26.7. The zero-order valence-electron chi connectivity index (χ0n) is 31.7. The molecule has 4 amide bonds. The van der Waals surface area contributed by atoms with Crippen LogP contribution in [0.25, 0.3) is 10.9 Å². The van der Waals surface area contributed by atoms with Crippen LogP contribution in [0.2, 0.25) is 5.02 Å². The van der Waals surface area contributed by atoms with Crippen molar-refractivity contribution in [2.45, 2.75) is 75.0 Å². The Kier molecular flexibility index (Phi) is 13.1. The molecule has 0 bridgehead atoms. The van der Waals surface area contributed by atoms with E-state index in [1.165, 1.54) is 12.4 Å². The fourth-order valence-corrected chi connectivity index (χ4v) is 8.72. The van der Waals surface area contributed by atoms with Crippen molar-refractivity contribution in [3.8, 4) is 11.5 Å². The number of ether oxygens (including phenoxy) is 2. The standard InChI is InChI=1S/C41H45ClFN7O6S/c1-55-33-21-31-27(39(46-24-45-31)47-30-10-7-9-29(42)38(30)43)20-34(33)56-25-14-17-49(18-15-25)23-37(52)44-16-4-2-3-5-19-57-35-11-6-8-26-28(35)22-50(41(26)54)32-12-13-36(51)48-40(32)53/h6-11,20-21,24-25,32H,2-5,12-19,22-23H2,1H3,(H,44,52)(H,45,46,47)(H,48,51,53). The molecule has 16 heteroatoms. The first-order valence-electron chi connectivity index (χ1n) is 19.3. The van der Waals surface area contributed by atoms with E-state index in [0.29, 0.717) is 72.9 Å². The summed E-state index contributed by atoms with van der Waals surface area (Å²) >= 11 is 7.70. The van der Waals surface area contributed by atoms with Gasteiger partial charge in [0.1, 0.15) is 24.3 Å². The first kappa shape index (κ1) is 40.2. The molecule has 3 aliphatic heterocycles. The molecule has 7 rings (SSSR count). The van der Waals surface area contributed by atoms with E-state index < -0.39 is 17.8 Å². The summed E-state index contributed by atoms with van der Waals surface area (Å²) in [7, 11) is 1.57. The van der Waals surface area contributed by atoms with Gasteiger partial charge in [-0.15, -0.1) is 11.8 Å². The van der Waals surface area contributed by atoms with E-state index in [9.17, 15) is 23.6 Å². The van der Waals surface area contributed by atoms with Gasteiger partial charge in [-0.2, -0.15) is 0 Å². The molecule has 0 saturated carbocycles. The van der Waals surface area contributed by atoms with Crippen LogP contribution in [0, 0.1) is 5.82 Å². The summed E-state index contributed by atoms with van der Waals surface area (Å²) in [5, 5.41) is 9.08. The number of hydrogen-bond donors (Lipinski definition) is 3. The number of aromatic nitrogens is 2. The number of carbonyl (C=O) groups is 4. The highest BCUT2D eigenvalue weighted by atomic mass is 35.5. The lowest BCUT2D eigenvalue weighted by Gasteiger charge is -2.32. The maximum atomic E-state index is 14.6. The quantitative estimate of drug-likeness (QED) is 0.0668. The van der Waals surface area contributed by atoms with Gasteiger partial charge < -0.3 is 25.0 Å². The highest BCUT2D eigenvalue weighted by molar-refractivity contribution is 7.99. The third-order valence-electron chi connectivity index (χ3n) is 10.5. The van der Waals surface area contributed by atoms with Crippen molar-refractivity contribution in [3.63, 3.8) is 0 Å². The van der Waals surface area contributed by atoms with Crippen molar-refractivity contribution < 1.29 is 33.0 Å². The topological polar surface area (TPSA) is 155 Å². The molecule has 0 radical (unpaired) electrons. The van der Waals surface area contributed by atoms with Crippen LogP contribution in [0.5, 0.6) is 11.5 Å². The Morgan fingerprint density at radius 3 is 2.63 bits per heavy atom. The van der Waals surface area contributed by atoms with Crippen molar-refractivity contribution in [1.82, 2.24) is 30.4 Å². The summed E-state index contributed by atoms with van der Waals surface area (Å²) in [6.07, 6.45) is 7.28. The lowest BCUT2D eigenvalue weighted by atomic mass is 10.0. The summed E-state index contributed by atoms with van der Waals surface area (Å²) in [5.41, 5.74) is 2.39. The third kappa shape index (κ3) is 9.59. The number of methoxy groups -OCH3 is 1. The van der Waals surface area contributed by atoms with Crippen LogP contribution in [-0.4, -0.2) is 94.6 Å². The van der Waals surface area contributed by atoms with Gasteiger partial charge >= 0.3 is 0 Å². The molecule has 3 aromatic carbocycles. The van der Waals surface area contributed by atoms with Crippen molar-refractivity contribution >= 4 is 69.4 Å².